The number of nitrogens with one attached hydrogen (secondary N) is 1. The average molecular weight is 162 g/mol. The van der Waals surface area contributed by atoms with Gasteiger partial charge in [0.25, 0.3) is 0 Å². The maximum atomic E-state index is 12.1. The van der Waals surface area contributed by atoms with E-state index in [1.807, 2.05) is 0 Å². The predicted molar refractivity (Wildman–Crippen MR) is 41.0 cm³/mol. The van der Waals surface area contributed by atoms with E-state index < -0.39 is 0 Å². The normalized spacial score (nSPS) is 27.3. The van der Waals surface area contributed by atoms with E-state index in [9.17, 15) is 4.39 Å². The van der Waals surface area contributed by atoms with E-state index in [1.54, 1.807) is 4.90 Å². The van der Waals surface area contributed by atoms with Gasteiger partial charge in [-0.3, -0.25) is 4.90 Å². The van der Waals surface area contributed by atoms with Crippen molar-refractivity contribution < 1.29 is 9.50 Å². The van der Waals surface area contributed by atoms with Gasteiger partial charge >= 0.3 is 0 Å². The Bertz CT molecular complexity index is 111. The molecule has 4 heteroatoms. The Hall–Kier alpha value is -0.190. The zero-order chi connectivity index (χ0) is 8.10. The van der Waals surface area contributed by atoms with Crippen molar-refractivity contribution in [1.82, 2.24) is 10.2 Å². The van der Waals surface area contributed by atoms with Crippen molar-refractivity contribution in [2.75, 3.05) is 33.0 Å². The van der Waals surface area contributed by atoms with Crippen molar-refractivity contribution in [2.45, 2.75) is 12.5 Å². The van der Waals surface area contributed by atoms with Crippen LogP contribution in [0, 0.1) is 0 Å². The van der Waals surface area contributed by atoms with E-state index in [-0.39, 0.29) is 19.4 Å². The van der Waals surface area contributed by atoms with Crippen molar-refractivity contribution in [3.63, 3.8) is 0 Å². The lowest BCUT2D eigenvalue weighted by molar-refractivity contribution is 0.127. The number of hydrogen-bond donors (Lipinski definition) is 2. The molecule has 0 aromatic rings. The van der Waals surface area contributed by atoms with Crippen molar-refractivity contribution in [2.24, 2.45) is 0 Å². The molecule has 11 heavy (non-hydrogen) atoms. The second-order valence-corrected chi connectivity index (χ2v) is 2.86. The largest absolute Gasteiger partial charge is 0.396 e. The summed E-state index contributed by atoms with van der Waals surface area (Å²) in [5.41, 5.74) is 0. The Morgan fingerprint density at radius 3 is 3.09 bits per heavy atom. The first-order chi connectivity index (χ1) is 5.36. The lowest BCUT2D eigenvalue weighted by Crippen LogP contribution is -2.50. The molecule has 1 aliphatic rings. The van der Waals surface area contributed by atoms with Gasteiger partial charge in [0.1, 0.15) is 6.80 Å². The van der Waals surface area contributed by atoms with Crippen LogP contribution in [0.1, 0.15) is 6.42 Å². The second kappa shape index (κ2) is 4.64. The summed E-state index contributed by atoms with van der Waals surface area (Å²) >= 11 is 0. The topological polar surface area (TPSA) is 35.5 Å². The molecule has 1 fully saturated rings. The minimum Gasteiger partial charge on any atom is -0.396 e. The lowest BCUT2D eigenvalue weighted by Gasteiger charge is -2.31. The molecule has 0 radical (unpaired) electrons. The van der Waals surface area contributed by atoms with Crippen LogP contribution >= 0.6 is 0 Å². The molecule has 2 N–H and O–H groups in total. The molecule has 1 heterocycles. The zero-order valence-electron chi connectivity index (χ0n) is 6.59. The summed E-state index contributed by atoms with van der Waals surface area (Å²) in [6.07, 6.45) is 0.719. The summed E-state index contributed by atoms with van der Waals surface area (Å²) in [6, 6.07) is 0.268. The maximum Gasteiger partial charge on any atom is 0.143 e. The summed E-state index contributed by atoms with van der Waals surface area (Å²) in [4.78, 5) is 1.75. The Morgan fingerprint density at radius 1 is 1.64 bits per heavy atom. The lowest BCUT2D eigenvalue weighted by atomic mass is 10.1. The molecule has 0 spiro atoms. The molecule has 1 saturated heterocycles. The molecule has 0 saturated carbocycles. The summed E-state index contributed by atoms with van der Waals surface area (Å²) < 4.78 is 12.1. The Labute approximate surface area is 66.2 Å². The third-order valence-electron chi connectivity index (χ3n) is 1.99. The van der Waals surface area contributed by atoms with E-state index in [1.165, 1.54) is 0 Å². The van der Waals surface area contributed by atoms with E-state index in [4.69, 9.17) is 5.11 Å². The molecular weight excluding hydrogens is 147 g/mol. The van der Waals surface area contributed by atoms with Gasteiger partial charge in [-0.1, -0.05) is 0 Å². The molecule has 1 aliphatic heterocycles. The maximum absolute atomic E-state index is 12.1. The molecule has 0 aromatic carbocycles. The number of nitrogens with zero attached hydrogens (tertiary/aromatic N) is 1. The number of halogens is 1. The third-order valence-corrected chi connectivity index (χ3v) is 1.99. The van der Waals surface area contributed by atoms with Crippen molar-refractivity contribution >= 4 is 0 Å². The molecule has 1 unspecified atom stereocenters. The van der Waals surface area contributed by atoms with Gasteiger partial charge in [0, 0.05) is 32.3 Å². The predicted octanol–water partition coefficient (Wildman–Crippen LogP) is -0.430. The zero-order valence-corrected chi connectivity index (χ0v) is 6.59. The van der Waals surface area contributed by atoms with Crippen molar-refractivity contribution in [3.05, 3.63) is 0 Å². The fourth-order valence-electron chi connectivity index (χ4n) is 1.35. The van der Waals surface area contributed by atoms with E-state index in [0.29, 0.717) is 0 Å². The number of rotatable bonds is 3. The molecule has 3 nitrogen and oxygen atoms in total. The van der Waals surface area contributed by atoms with Crippen LogP contribution in [0.4, 0.5) is 4.39 Å². The first-order valence-corrected chi connectivity index (χ1v) is 3.99. The van der Waals surface area contributed by atoms with Crippen LogP contribution in [0.3, 0.4) is 0 Å². The highest BCUT2D eigenvalue weighted by atomic mass is 19.1. The van der Waals surface area contributed by atoms with Gasteiger partial charge in [-0.2, -0.15) is 0 Å². The summed E-state index contributed by atoms with van der Waals surface area (Å²) in [5, 5.41) is 11.8. The van der Waals surface area contributed by atoms with Crippen LogP contribution in [-0.2, 0) is 0 Å². The minimum absolute atomic E-state index is 0.178. The van der Waals surface area contributed by atoms with E-state index in [2.05, 4.69) is 5.32 Å². The Balaban J connectivity index is 2.21. The summed E-state index contributed by atoms with van der Waals surface area (Å²) in [7, 11) is 0. The fraction of sp³-hybridized carbons (Fsp3) is 1.00. The molecular formula is C7H15FN2O. The average Bonchev–Trinajstić information content (AvgIpc) is 2.06. The van der Waals surface area contributed by atoms with Crippen molar-refractivity contribution in [1.29, 1.82) is 0 Å². The molecule has 1 atom stereocenters. The van der Waals surface area contributed by atoms with Crippen LogP contribution in [0.25, 0.3) is 0 Å². The highest BCUT2D eigenvalue weighted by molar-refractivity contribution is 4.76. The SMILES string of the molecule is OCCC1CN(CF)CCN1. The quantitative estimate of drug-likeness (QED) is 0.553. The van der Waals surface area contributed by atoms with Gasteiger partial charge in [-0.25, -0.2) is 4.39 Å². The van der Waals surface area contributed by atoms with Gasteiger partial charge in [0.2, 0.25) is 0 Å². The first kappa shape index (κ1) is 8.90. The van der Waals surface area contributed by atoms with E-state index in [0.717, 1.165) is 26.1 Å². The van der Waals surface area contributed by atoms with Gasteiger partial charge in [0.05, 0.1) is 0 Å². The standard InChI is InChI=1S/C7H15FN2O/c8-6-10-3-2-9-7(5-10)1-4-11/h7,9,11H,1-6H2. The summed E-state index contributed by atoms with van der Waals surface area (Å²) in [6.45, 7) is 2.13. The van der Waals surface area contributed by atoms with Crippen LogP contribution < -0.4 is 5.32 Å². The highest BCUT2D eigenvalue weighted by Crippen LogP contribution is 2.01. The van der Waals surface area contributed by atoms with Crippen LogP contribution in [-0.4, -0.2) is 49.1 Å². The number of aliphatic hydroxyl groups is 1. The fourth-order valence-corrected chi connectivity index (χ4v) is 1.35. The number of piperazine rings is 1. The molecule has 0 bridgehead atoms. The Kier molecular flexibility index (Phi) is 3.76. The highest BCUT2D eigenvalue weighted by Gasteiger charge is 2.17. The van der Waals surface area contributed by atoms with Crippen LogP contribution in [0.15, 0.2) is 0 Å². The van der Waals surface area contributed by atoms with Gasteiger partial charge in [0.15, 0.2) is 0 Å². The smallest absolute Gasteiger partial charge is 0.143 e. The van der Waals surface area contributed by atoms with Crippen LogP contribution in [0.5, 0.6) is 0 Å². The molecule has 0 aromatic heterocycles. The van der Waals surface area contributed by atoms with Gasteiger partial charge in [-0.15, -0.1) is 0 Å². The Morgan fingerprint density at radius 2 is 2.45 bits per heavy atom. The minimum atomic E-state index is -0.371. The number of aliphatic hydroxyl groups excluding tert-OH is 1. The van der Waals surface area contributed by atoms with Gasteiger partial charge < -0.3 is 10.4 Å². The number of hydrogen-bond acceptors (Lipinski definition) is 3. The molecule has 66 valence electrons. The summed E-state index contributed by atoms with van der Waals surface area (Å²) in [5.74, 6) is 0. The van der Waals surface area contributed by atoms with Crippen molar-refractivity contribution in [3.8, 4) is 0 Å². The first-order valence-electron chi connectivity index (χ1n) is 3.99. The molecule has 0 aliphatic carbocycles. The van der Waals surface area contributed by atoms with Crippen LogP contribution in [0.2, 0.25) is 0 Å². The third kappa shape index (κ3) is 2.73. The molecule has 1 rings (SSSR count). The monoisotopic (exact) mass is 162 g/mol. The van der Waals surface area contributed by atoms with E-state index >= 15 is 0 Å². The number of alkyl halides is 1. The molecule has 0 amide bonds. The van der Waals surface area contributed by atoms with Gasteiger partial charge in [-0.05, 0) is 6.42 Å². The second-order valence-electron chi connectivity index (χ2n) is 2.86.